The number of hydrogen-bond acceptors (Lipinski definition) is 3. The molecule has 0 atom stereocenters. The van der Waals surface area contributed by atoms with E-state index in [2.05, 4.69) is 4.72 Å². The van der Waals surface area contributed by atoms with Gasteiger partial charge in [0.15, 0.2) is 0 Å². The van der Waals surface area contributed by atoms with Crippen molar-refractivity contribution in [1.29, 1.82) is 0 Å². The topological polar surface area (TPSA) is 66.5 Å². The molecule has 2 aromatic carbocycles. The van der Waals surface area contributed by atoms with Gasteiger partial charge in [0.05, 0.1) is 14.9 Å². The maximum absolute atomic E-state index is 12.2. The molecule has 0 aromatic heterocycles. The molecule has 0 aliphatic rings. The minimum Gasteiger partial charge on any atom is -0.338 e. The molecule has 0 spiro atoms. The lowest BCUT2D eigenvalue weighted by Crippen LogP contribution is -2.24. The van der Waals surface area contributed by atoms with Crippen molar-refractivity contribution in [2.75, 3.05) is 14.1 Å². The summed E-state index contributed by atoms with van der Waals surface area (Å²) in [4.78, 5) is 13.9. The number of rotatable bonds is 6. The fourth-order valence-corrected chi connectivity index (χ4v) is 3.28. The van der Waals surface area contributed by atoms with Crippen molar-refractivity contribution in [3.63, 3.8) is 0 Å². The van der Waals surface area contributed by atoms with Crippen molar-refractivity contribution < 1.29 is 13.2 Å². The Morgan fingerprint density at radius 1 is 1.15 bits per heavy atom. The smallest absolute Gasteiger partial charge is 0.246 e. The van der Waals surface area contributed by atoms with Crippen LogP contribution in [0.3, 0.4) is 0 Å². The molecular weight excluding hydrogens is 395 g/mol. The number of nitrogens with one attached hydrogen (secondary N) is 1. The third-order valence-corrected chi connectivity index (χ3v) is 5.98. The summed E-state index contributed by atoms with van der Waals surface area (Å²) in [6.45, 7) is 0.321. The summed E-state index contributed by atoms with van der Waals surface area (Å²) in [5, 5.41) is 0.872. The molecule has 0 aliphatic carbocycles. The lowest BCUT2D eigenvalue weighted by atomic mass is 10.2. The fourth-order valence-electron chi connectivity index (χ4n) is 2.17. The van der Waals surface area contributed by atoms with E-state index in [0.717, 1.165) is 5.56 Å². The Kier molecular flexibility index (Phi) is 6.83. The van der Waals surface area contributed by atoms with Gasteiger partial charge < -0.3 is 4.90 Å². The highest BCUT2D eigenvalue weighted by Crippen LogP contribution is 2.26. The molecule has 0 unspecified atom stereocenters. The Bertz CT molecular complexity index is 926. The highest BCUT2D eigenvalue weighted by atomic mass is 35.5. The van der Waals surface area contributed by atoms with Crippen molar-refractivity contribution >= 4 is 45.2 Å². The van der Waals surface area contributed by atoms with Crippen LogP contribution >= 0.6 is 23.2 Å². The Labute approximate surface area is 163 Å². The fraction of sp³-hybridized carbons (Fsp3) is 0.167. The van der Waals surface area contributed by atoms with E-state index in [-0.39, 0.29) is 10.8 Å². The maximum Gasteiger partial charge on any atom is 0.246 e. The summed E-state index contributed by atoms with van der Waals surface area (Å²) < 4.78 is 25.6. The van der Waals surface area contributed by atoms with Crippen LogP contribution in [0.4, 0.5) is 0 Å². The number of hydrogen-bond donors (Lipinski definition) is 1. The van der Waals surface area contributed by atoms with E-state index in [1.807, 2.05) is 6.07 Å². The largest absolute Gasteiger partial charge is 0.338 e. The summed E-state index contributed by atoms with van der Waals surface area (Å²) in [7, 11) is -0.464. The van der Waals surface area contributed by atoms with E-state index in [4.69, 9.17) is 23.2 Å². The van der Waals surface area contributed by atoms with Crippen LogP contribution < -0.4 is 4.72 Å². The molecule has 0 saturated heterocycles. The first-order chi connectivity index (χ1) is 12.2. The van der Waals surface area contributed by atoms with E-state index in [0.29, 0.717) is 22.2 Å². The third kappa shape index (κ3) is 5.08. The highest BCUT2D eigenvalue weighted by Gasteiger charge is 2.11. The van der Waals surface area contributed by atoms with Gasteiger partial charge in [-0.1, -0.05) is 47.5 Å². The molecule has 1 amide bonds. The predicted octanol–water partition coefficient (Wildman–Crippen LogP) is 3.57. The standard InChI is InChI=1S/C18H18Cl2N2O3S/c1-21-26(24,25)15-9-6-13(7-10-15)8-11-17(23)22(2)12-14-4-3-5-16(19)18(14)20/h3-11,21H,12H2,1-2H3/b11-8+. The van der Waals surface area contributed by atoms with Crippen molar-refractivity contribution in [2.45, 2.75) is 11.4 Å². The molecule has 0 heterocycles. The molecule has 2 rings (SSSR count). The Morgan fingerprint density at radius 3 is 2.42 bits per heavy atom. The van der Waals surface area contributed by atoms with Crippen LogP contribution in [0.1, 0.15) is 11.1 Å². The van der Waals surface area contributed by atoms with Crippen LogP contribution in [0, 0.1) is 0 Å². The Morgan fingerprint density at radius 2 is 1.81 bits per heavy atom. The van der Waals surface area contributed by atoms with Crippen LogP contribution in [0.15, 0.2) is 53.4 Å². The number of likely N-dealkylation sites (N-methyl/N-ethyl adjacent to an activating group) is 1. The number of amides is 1. The second kappa shape index (κ2) is 8.68. The molecule has 0 fully saturated rings. The molecule has 138 valence electrons. The number of sulfonamides is 1. The SMILES string of the molecule is CNS(=O)(=O)c1ccc(/C=C/C(=O)N(C)Cc2cccc(Cl)c2Cl)cc1. The summed E-state index contributed by atoms with van der Waals surface area (Å²) in [6, 6.07) is 11.5. The first kappa shape index (κ1) is 20.5. The van der Waals surface area contributed by atoms with Gasteiger partial charge in [0, 0.05) is 19.7 Å². The van der Waals surface area contributed by atoms with Crippen LogP contribution in [0.25, 0.3) is 6.08 Å². The quantitative estimate of drug-likeness (QED) is 0.737. The van der Waals surface area contributed by atoms with Gasteiger partial charge in [-0.15, -0.1) is 0 Å². The van der Waals surface area contributed by atoms with Gasteiger partial charge in [0.25, 0.3) is 0 Å². The molecule has 0 aliphatic heterocycles. The van der Waals surface area contributed by atoms with Gasteiger partial charge in [0.1, 0.15) is 0 Å². The highest BCUT2D eigenvalue weighted by molar-refractivity contribution is 7.89. The summed E-state index contributed by atoms with van der Waals surface area (Å²) >= 11 is 12.1. The lowest BCUT2D eigenvalue weighted by molar-refractivity contribution is -0.125. The molecule has 26 heavy (non-hydrogen) atoms. The lowest BCUT2D eigenvalue weighted by Gasteiger charge is -2.16. The minimum absolute atomic E-state index is 0.163. The minimum atomic E-state index is -3.47. The molecular formula is C18H18Cl2N2O3S. The van der Waals surface area contributed by atoms with Gasteiger partial charge in [0.2, 0.25) is 15.9 Å². The van der Waals surface area contributed by atoms with Crippen molar-refractivity contribution in [2.24, 2.45) is 0 Å². The van der Waals surface area contributed by atoms with Gasteiger partial charge >= 0.3 is 0 Å². The molecule has 0 radical (unpaired) electrons. The summed E-state index contributed by atoms with van der Waals surface area (Å²) in [5.74, 6) is -0.215. The van der Waals surface area contributed by atoms with Crippen molar-refractivity contribution in [3.05, 3.63) is 69.7 Å². The monoisotopic (exact) mass is 412 g/mol. The van der Waals surface area contributed by atoms with Gasteiger partial charge in [-0.05, 0) is 42.4 Å². The molecule has 0 bridgehead atoms. The average Bonchev–Trinajstić information content (AvgIpc) is 2.63. The van der Waals surface area contributed by atoms with Crippen LogP contribution in [-0.2, 0) is 21.4 Å². The normalized spacial score (nSPS) is 11.7. The van der Waals surface area contributed by atoms with Crippen LogP contribution in [0.2, 0.25) is 10.0 Å². The van der Waals surface area contributed by atoms with E-state index in [1.54, 1.807) is 37.4 Å². The van der Waals surface area contributed by atoms with E-state index in [1.165, 1.54) is 30.2 Å². The van der Waals surface area contributed by atoms with E-state index < -0.39 is 10.0 Å². The van der Waals surface area contributed by atoms with E-state index >= 15 is 0 Å². The maximum atomic E-state index is 12.2. The van der Waals surface area contributed by atoms with Gasteiger partial charge in [-0.3, -0.25) is 4.79 Å². The number of carbonyl (C=O) groups excluding carboxylic acids is 1. The van der Waals surface area contributed by atoms with Crippen molar-refractivity contribution in [3.8, 4) is 0 Å². The number of benzene rings is 2. The molecule has 8 heteroatoms. The number of nitrogens with zero attached hydrogens (tertiary/aromatic N) is 1. The Hall–Kier alpha value is -1.86. The molecule has 1 N–H and O–H groups in total. The second-order valence-electron chi connectivity index (χ2n) is 5.52. The summed E-state index contributed by atoms with van der Waals surface area (Å²) in [6.07, 6.45) is 3.04. The second-order valence-corrected chi connectivity index (χ2v) is 8.19. The van der Waals surface area contributed by atoms with Gasteiger partial charge in [-0.25, -0.2) is 13.1 Å². The zero-order chi connectivity index (χ0) is 19.3. The van der Waals surface area contributed by atoms with Crippen LogP contribution in [0.5, 0.6) is 0 Å². The summed E-state index contributed by atoms with van der Waals surface area (Å²) in [5.41, 5.74) is 1.47. The average molecular weight is 413 g/mol. The first-order valence-corrected chi connectivity index (χ1v) is 9.88. The predicted molar refractivity (Wildman–Crippen MR) is 105 cm³/mol. The number of halogens is 2. The van der Waals surface area contributed by atoms with E-state index in [9.17, 15) is 13.2 Å². The molecule has 0 saturated carbocycles. The zero-order valence-corrected chi connectivity index (χ0v) is 16.6. The first-order valence-electron chi connectivity index (χ1n) is 7.64. The van der Waals surface area contributed by atoms with Gasteiger partial charge in [-0.2, -0.15) is 0 Å². The zero-order valence-electron chi connectivity index (χ0n) is 14.2. The van der Waals surface area contributed by atoms with Crippen LogP contribution in [-0.4, -0.2) is 33.3 Å². The third-order valence-electron chi connectivity index (χ3n) is 3.69. The molecule has 2 aromatic rings. The molecule has 5 nitrogen and oxygen atoms in total. The van der Waals surface area contributed by atoms with Crippen molar-refractivity contribution in [1.82, 2.24) is 9.62 Å². The number of carbonyl (C=O) groups is 1. The Balaban J connectivity index is 2.05.